The fraction of sp³-hybridized carbons (Fsp3) is 0.214. The van der Waals surface area contributed by atoms with Gasteiger partial charge >= 0.3 is 0 Å². The molecule has 1 N–H and O–H groups in total. The van der Waals surface area contributed by atoms with Gasteiger partial charge in [-0.2, -0.15) is 0 Å². The first-order chi connectivity index (χ1) is 9.24. The number of amides is 1. The maximum Gasteiger partial charge on any atom is 0.287 e. The molecule has 4 nitrogen and oxygen atoms in total. The van der Waals surface area contributed by atoms with Gasteiger partial charge in [-0.25, -0.2) is 4.39 Å². The Morgan fingerprint density at radius 1 is 1.37 bits per heavy atom. The molecule has 0 saturated carbocycles. The van der Waals surface area contributed by atoms with Crippen LogP contribution in [0, 0.1) is 5.82 Å². The number of carbonyl (C=O) groups is 1. The van der Waals surface area contributed by atoms with Gasteiger partial charge < -0.3 is 14.5 Å². The highest BCUT2D eigenvalue weighted by atomic mass is 19.1. The fourth-order valence-electron chi connectivity index (χ4n) is 2.12. The summed E-state index contributed by atoms with van der Waals surface area (Å²) >= 11 is 0. The fourth-order valence-corrected chi connectivity index (χ4v) is 2.12. The van der Waals surface area contributed by atoms with Crippen LogP contribution in [-0.4, -0.2) is 18.6 Å². The molecule has 2 aromatic rings. The van der Waals surface area contributed by atoms with E-state index in [2.05, 4.69) is 5.32 Å². The van der Waals surface area contributed by atoms with Gasteiger partial charge in [0.05, 0.1) is 12.8 Å². The van der Waals surface area contributed by atoms with Gasteiger partial charge in [0.2, 0.25) is 0 Å². The van der Waals surface area contributed by atoms with Crippen molar-refractivity contribution >= 4 is 5.91 Å². The van der Waals surface area contributed by atoms with Gasteiger partial charge in [0, 0.05) is 12.0 Å². The number of ether oxygens (including phenoxy) is 1. The average molecular weight is 261 g/mol. The lowest BCUT2D eigenvalue weighted by Gasteiger charge is -2.11. The molecule has 1 amide bonds. The third-order valence-electron chi connectivity index (χ3n) is 3.02. The van der Waals surface area contributed by atoms with Crippen molar-refractivity contribution in [3.05, 3.63) is 53.7 Å². The maximum atomic E-state index is 13.5. The number of hydrogen-bond acceptors (Lipinski definition) is 3. The second-order valence-corrected chi connectivity index (χ2v) is 4.36. The molecule has 0 bridgehead atoms. The Bertz CT molecular complexity index is 595. The highest BCUT2D eigenvalue weighted by molar-refractivity contribution is 5.91. The van der Waals surface area contributed by atoms with Gasteiger partial charge in [0.1, 0.15) is 6.10 Å². The quantitative estimate of drug-likeness (QED) is 0.921. The maximum absolute atomic E-state index is 13.5. The van der Waals surface area contributed by atoms with Gasteiger partial charge in [0.15, 0.2) is 17.3 Å². The number of hydrogen-bond donors (Lipinski definition) is 1. The Morgan fingerprint density at radius 2 is 2.26 bits per heavy atom. The summed E-state index contributed by atoms with van der Waals surface area (Å²) in [6.07, 6.45) is 1.78. The lowest BCUT2D eigenvalue weighted by Crippen LogP contribution is -2.34. The zero-order chi connectivity index (χ0) is 13.2. The van der Waals surface area contributed by atoms with Crippen molar-refractivity contribution in [2.45, 2.75) is 12.5 Å². The summed E-state index contributed by atoms with van der Waals surface area (Å²) in [5, 5.41) is 2.70. The van der Waals surface area contributed by atoms with E-state index in [4.69, 9.17) is 9.15 Å². The first-order valence-electron chi connectivity index (χ1n) is 6.00. The smallest absolute Gasteiger partial charge is 0.287 e. The Balaban J connectivity index is 1.59. The second kappa shape index (κ2) is 4.76. The molecule has 98 valence electrons. The van der Waals surface area contributed by atoms with E-state index in [1.54, 1.807) is 18.2 Å². The molecule has 0 saturated heterocycles. The molecule has 0 radical (unpaired) electrons. The first-order valence-corrected chi connectivity index (χ1v) is 6.00. The van der Waals surface area contributed by atoms with Crippen molar-refractivity contribution in [1.29, 1.82) is 0 Å². The van der Waals surface area contributed by atoms with E-state index in [9.17, 15) is 9.18 Å². The SMILES string of the molecule is O=C(NCC1Cc2cccc(F)c2O1)c1ccco1. The van der Waals surface area contributed by atoms with E-state index in [0.717, 1.165) is 5.56 Å². The molecule has 0 spiro atoms. The number of halogens is 1. The summed E-state index contributed by atoms with van der Waals surface area (Å²) in [5.74, 6) is -0.121. The topological polar surface area (TPSA) is 51.5 Å². The van der Waals surface area contributed by atoms with E-state index in [0.29, 0.717) is 18.7 Å². The monoisotopic (exact) mass is 261 g/mol. The van der Waals surface area contributed by atoms with Crippen molar-refractivity contribution in [3.63, 3.8) is 0 Å². The van der Waals surface area contributed by atoms with Crippen LogP contribution in [0.2, 0.25) is 0 Å². The lowest BCUT2D eigenvalue weighted by molar-refractivity contribution is 0.0905. The second-order valence-electron chi connectivity index (χ2n) is 4.36. The largest absolute Gasteiger partial charge is 0.485 e. The molecule has 3 rings (SSSR count). The molecule has 1 aromatic heterocycles. The van der Waals surface area contributed by atoms with E-state index >= 15 is 0 Å². The van der Waals surface area contributed by atoms with Crippen LogP contribution in [0.4, 0.5) is 4.39 Å². The van der Waals surface area contributed by atoms with Crippen LogP contribution in [-0.2, 0) is 6.42 Å². The van der Waals surface area contributed by atoms with Gasteiger partial charge in [-0.05, 0) is 18.2 Å². The Kier molecular flexibility index (Phi) is 2.95. The molecule has 2 heterocycles. The van der Waals surface area contributed by atoms with Crippen LogP contribution in [0.15, 0.2) is 41.0 Å². The molecule has 1 atom stereocenters. The van der Waals surface area contributed by atoms with Crippen molar-refractivity contribution in [2.24, 2.45) is 0 Å². The zero-order valence-corrected chi connectivity index (χ0v) is 10.1. The highest BCUT2D eigenvalue weighted by Crippen LogP contribution is 2.31. The minimum atomic E-state index is -0.364. The van der Waals surface area contributed by atoms with Crippen molar-refractivity contribution in [3.8, 4) is 5.75 Å². The molecule has 19 heavy (non-hydrogen) atoms. The van der Waals surface area contributed by atoms with Crippen LogP contribution < -0.4 is 10.1 Å². The van der Waals surface area contributed by atoms with Crippen LogP contribution >= 0.6 is 0 Å². The number of benzene rings is 1. The summed E-state index contributed by atoms with van der Waals surface area (Å²) in [4.78, 5) is 11.7. The first kappa shape index (κ1) is 11.8. The molecule has 1 aromatic carbocycles. The van der Waals surface area contributed by atoms with Crippen LogP contribution in [0.5, 0.6) is 5.75 Å². The van der Waals surface area contributed by atoms with Crippen molar-refractivity contribution in [2.75, 3.05) is 6.54 Å². The summed E-state index contributed by atoms with van der Waals surface area (Å²) in [7, 11) is 0. The number of furan rings is 1. The Morgan fingerprint density at radius 3 is 3.00 bits per heavy atom. The zero-order valence-electron chi connectivity index (χ0n) is 10.1. The molecular formula is C14H12FNO3. The van der Waals surface area contributed by atoms with Crippen molar-refractivity contribution < 1.29 is 18.3 Å². The molecule has 1 unspecified atom stereocenters. The summed E-state index contributed by atoms with van der Waals surface area (Å²) in [6.45, 7) is 0.313. The van der Waals surface area contributed by atoms with Gasteiger partial charge in [0.25, 0.3) is 5.91 Å². The van der Waals surface area contributed by atoms with E-state index in [1.807, 2.05) is 6.07 Å². The van der Waals surface area contributed by atoms with Crippen LogP contribution in [0.25, 0.3) is 0 Å². The molecular weight excluding hydrogens is 249 g/mol. The van der Waals surface area contributed by atoms with Gasteiger partial charge in [-0.1, -0.05) is 12.1 Å². The highest BCUT2D eigenvalue weighted by Gasteiger charge is 2.26. The minimum Gasteiger partial charge on any atom is -0.485 e. The molecule has 1 aliphatic heterocycles. The number of fused-ring (bicyclic) bond motifs is 1. The molecule has 0 fully saturated rings. The lowest BCUT2D eigenvalue weighted by atomic mass is 10.1. The third kappa shape index (κ3) is 2.31. The molecule has 0 aliphatic carbocycles. The predicted octanol–water partition coefficient (Wildman–Crippen LogP) is 2.15. The summed E-state index contributed by atoms with van der Waals surface area (Å²) in [5.41, 5.74) is 0.831. The number of para-hydroxylation sites is 1. The third-order valence-corrected chi connectivity index (χ3v) is 3.02. The minimum absolute atomic E-state index is 0.245. The van der Waals surface area contributed by atoms with E-state index in [1.165, 1.54) is 12.3 Å². The standard InChI is InChI=1S/C14H12FNO3/c15-11-4-1-3-9-7-10(19-13(9)11)8-16-14(17)12-5-2-6-18-12/h1-6,10H,7-8H2,(H,16,17). The Hall–Kier alpha value is -2.30. The van der Waals surface area contributed by atoms with Gasteiger partial charge in [-0.3, -0.25) is 4.79 Å². The van der Waals surface area contributed by atoms with Crippen molar-refractivity contribution in [1.82, 2.24) is 5.32 Å². The van der Waals surface area contributed by atoms with Gasteiger partial charge in [-0.15, -0.1) is 0 Å². The number of carbonyl (C=O) groups excluding carboxylic acids is 1. The molecule has 5 heteroatoms. The predicted molar refractivity (Wildman–Crippen MR) is 65.6 cm³/mol. The van der Waals surface area contributed by atoms with Crippen LogP contribution in [0.1, 0.15) is 16.1 Å². The normalized spacial score (nSPS) is 16.8. The molecule has 1 aliphatic rings. The van der Waals surface area contributed by atoms with E-state index < -0.39 is 0 Å². The average Bonchev–Trinajstić information content (AvgIpc) is 3.05. The number of nitrogens with one attached hydrogen (secondary N) is 1. The number of rotatable bonds is 3. The van der Waals surface area contributed by atoms with Crippen LogP contribution in [0.3, 0.4) is 0 Å². The Labute approximate surface area is 109 Å². The van der Waals surface area contributed by atoms with E-state index in [-0.39, 0.29) is 23.6 Å². The summed E-state index contributed by atoms with van der Waals surface area (Å²) in [6, 6.07) is 8.07. The summed E-state index contributed by atoms with van der Waals surface area (Å²) < 4.78 is 23.9.